The van der Waals surface area contributed by atoms with Gasteiger partial charge >= 0.3 is 0 Å². The average molecular weight is 745 g/mol. The van der Waals surface area contributed by atoms with Gasteiger partial charge in [0.15, 0.2) is 0 Å². The summed E-state index contributed by atoms with van der Waals surface area (Å²) in [7, 11) is 0. The zero-order valence-corrected chi connectivity index (χ0v) is 30.9. The maximum absolute atomic E-state index is 13.7. The Hall–Kier alpha value is -6.21. The summed E-state index contributed by atoms with van der Waals surface area (Å²) in [6.07, 6.45) is 4.28. The fourth-order valence-electron chi connectivity index (χ4n) is 6.49. The van der Waals surface area contributed by atoms with Crippen LogP contribution in [-0.4, -0.2) is 23.5 Å². The maximum atomic E-state index is 13.7. The fourth-order valence-corrected chi connectivity index (χ4v) is 8.54. The predicted octanol–water partition coefficient (Wildman–Crippen LogP) is 9.70. The van der Waals surface area contributed by atoms with Crippen LogP contribution in [0.3, 0.4) is 0 Å². The molecule has 0 bridgehead atoms. The highest BCUT2D eigenvalue weighted by Gasteiger charge is 2.27. The highest BCUT2D eigenvalue weighted by Crippen LogP contribution is 2.42. The number of hydrogen-bond acceptors (Lipinski definition) is 6. The number of carbonyl (C=O) groups excluding carboxylic acids is 3. The third-order valence-electron chi connectivity index (χ3n) is 9.22. The van der Waals surface area contributed by atoms with Gasteiger partial charge in [-0.2, -0.15) is 5.26 Å². The molecule has 0 saturated heterocycles. The van der Waals surface area contributed by atoms with Crippen molar-refractivity contribution in [3.8, 4) is 17.2 Å². The van der Waals surface area contributed by atoms with Gasteiger partial charge in [-0.1, -0.05) is 109 Å². The van der Waals surface area contributed by atoms with E-state index in [1.165, 1.54) is 28.7 Å². The van der Waals surface area contributed by atoms with Crippen LogP contribution in [0.2, 0.25) is 0 Å². The normalized spacial score (nSPS) is 13.6. The van der Waals surface area contributed by atoms with E-state index in [0.717, 1.165) is 51.3 Å². The van der Waals surface area contributed by atoms with Crippen LogP contribution in [0.5, 0.6) is 0 Å². The van der Waals surface area contributed by atoms with Crippen LogP contribution in [0, 0.1) is 11.3 Å². The Kier molecular flexibility index (Phi) is 11.4. The molecule has 7 rings (SSSR count). The summed E-state index contributed by atoms with van der Waals surface area (Å²) < 4.78 is 0. The van der Waals surface area contributed by atoms with E-state index in [1.54, 1.807) is 48.5 Å². The summed E-state index contributed by atoms with van der Waals surface area (Å²) in [5.41, 5.74) is 6.79. The molecular formula is C45H36N4O3S2. The van der Waals surface area contributed by atoms with E-state index in [9.17, 15) is 19.6 Å². The van der Waals surface area contributed by atoms with Crippen molar-refractivity contribution in [2.45, 2.75) is 30.1 Å². The number of nitrogens with one attached hydrogen (secondary N) is 3. The second-order valence-corrected chi connectivity index (χ2v) is 15.0. The minimum atomic E-state index is -0.494. The summed E-state index contributed by atoms with van der Waals surface area (Å²) in [5.74, 6) is -0.596. The van der Waals surface area contributed by atoms with Crippen molar-refractivity contribution in [1.29, 1.82) is 5.26 Å². The van der Waals surface area contributed by atoms with Gasteiger partial charge in [0.05, 0.1) is 11.3 Å². The van der Waals surface area contributed by atoms with Gasteiger partial charge in [-0.25, -0.2) is 0 Å². The molecule has 266 valence electrons. The molecule has 3 N–H and O–H groups in total. The summed E-state index contributed by atoms with van der Waals surface area (Å²) >= 11 is 2.83. The molecule has 0 aliphatic heterocycles. The zero-order valence-electron chi connectivity index (χ0n) is 29.3. The Morgan fingerprint density at radius 3 is 2.20 bits per heavy atom. The van der Waals surface area contributed by atoms with Gasteiger partial charge in [0.25, 0.3) is 11.8 Å². The van der Waals surface area contributed by atoms with E-state index in [4.69, 9.17) is 0 Å². The second kappa shape index (κ2) is 17.1. The largest absolute Gasteiger partial charge is 0.321 e. The highest BCUT2D eigenvalue weighted by atomic mass is 32.2. The predicted molar refractivity (Wildman–Crippen MR) is 218 cm³/mol. The van der Waals surface area contributed by atoms with Gasteiger partial charge in [0.2, 0.25) is 5.91 Å². The van der Waals surface area contributed by atoms with E-state index >= 15 is 0 Å². The lowest BCUT2D eigenvalue weighted by atomic mass is 9.83. The molecule has 54 heavy (non-hydrogen) atoms. The first-order chi connectivity index (χ1) is 26.4. The molecule has 1 heterocycles. The van der Waals surface area contributed by atoms with E-state index in [2.05, 4.69) is 46.3 Å². The summed E-state index contributed by atoms with van der Waals surface area (Å²) in [4.78, 5) is 41.9. The average Bonchev–Trinajstić information content (AvgIpc) is 3.57. The monoisotopic (exact) mass is 744 g/mol. The van der Waals surface area contributed by atoms with Gasteiger partial charge in [-0.05, 0) is 89.4 Å². The molecule has 1 aliphatic rings. The standard InChI is InChI=1S/C45H36N4O3S2/c46-28-39-38-24-23-35(32-13-6-2-7-14-32)26-41(38)54-45(39)49-42(50)29-53-37-18-10-17-36(27-37)47-44(52)40(48-43(51)34-15-8-3-9-16-34)25-30-19-21-33(22-20-30)31-11-4-1-5-12-31/h1-22,25,27,35H,23-24,26,29H2,(H,47,52)(H,48,51)(H,49,50)/b40-25+. The van der Waals surface area contributed by atoms with Crippen LogP contribution in [0.1, 0.15) is 49.8 Å². The molecule has 1 atom stereocenters. The van der Waals surface area contributed by atoms with Gasteiger partial charge in [0, 0.05) is 21.0 Å². The molecule has 0 saturated carbocycles. The molecule has 1 aliphatic carbocycles. The van der Waals surface area contributed by atoms with Crippen molar-refractivity contribution in [1.82, 2.24) is 5.32 Å². The summed E-state index contributed by atoms with van der Waals surface area (Å²) in [5, 5.41) is 19.3. The number of amides is 3. The molecule has 3 amide bonds. The molecule has 0 radical (unpaired) electrons. The number of thiophene rings is 1. The van der Waals surface area contributed by atoms with Crippen molar-refractivity contribution in [2.75, 3.05) is 16.4 Å². The number of nitrogens with zero attached hydrogens (tertiary/aromatic N) is 1. The van der Waals surface area contributed by atoms with Crippen LogP contribution in [-0.2, 0) is 22.4 Å². The third kappa shape index (κ3) is 8.87. The quantitative estimate of drug-likeness (QED) is 0.0904. The Labute approximate surface area is 322 Å². The Bertz CT molecular complexity index is 2350. The van der Waals surface area contributed by atoms with Gasteiger partial charge in [0.1, 0.15) is 16.8 Å². The van der Waals surface area contributed by atoms with Gasteiger partial charge in [-0.3, -0.25) is 14.4 Å². The minimum Gasteiger partial charge on any atom is -0.321 e. The van der Waals surface area contributed by atoms with Crippen molar-refractivity contribution in [2.24, 2.45) is 0 Å². The van der Waals surface area contributed by atoms with Gasteiger partial charge < -0.3 is 16.0 Å². The number of rotatable bonds is 11. The van der Waals surface area contributed by atoms with Crippen LogP contribution in [0.4, 0.5) is 10.7 Å². The zero-order chi connectivity index (χ0) is 37.3. The lowest BCUT2D eigenvalue weighted by molar-refractivity contribution is -0.114. The molecular weight excluding hydrogens is 709 g/mol. The van der Waals surface area contributed by atoms with Crippen LogP contribution in [0.25, 0.3) is 17.2 Å². The molecule has 1 aromatic heterocycles. The van der Waals surface area contributed by atoms with Crippen LogP contribution >= 0.6 is 23.1 Å². The molecule has 1 unspecified atom stereocenters. The number of fused-ring (bicyclic) bond motifs is 1. The fraction of sp³-hybridized carbons (Fsp3) is 0.111. The Morgan fingerprint density at radius 1 is 0.796 bits per heavy atom. The highest BCUT2D eigenvalue weighted by molar-refractivity contribution is 8.00. The van der Waals surface area contributed by atoms with Crippen LogP contribution in [0.15, 0.2) is 150 Å². The molecule has 0 fully saturated rings. The van der Waals surface area contributed by atoms with E-state index in [0.29, 0.717) is 27.7 Å². The minimum absolute atomic E-state index is 0.0794. The van der Waals surface area contributed by atoms with Crippen molar-refractivity contribution < 1.29 is 14.4 Å². The third-order valence-corrected chi connectivity index (χ3v) is 11.4. The molecule has 0 spiro atoms. The molecule has 9 heteroatoms. The SMILES string of the molecule is N#Cc1c(NC(=O)CSc2cccc(NC(=O)/C(=C\c3ccc(-c4ccccc4)cc3)NC(=O)c3ccccc3)c2)sc2c1CCC(c1ccccc1)C2. The molecule has 7 nitrogen and oxygen atoms in total. The van der Waals surface area contributed by atoms with Gasteiger partial charge in [-0.15, -0.1) is 23.1 Å². The number of nitriles is 1. The number of hydrogen-bond donors (Lipinski definition) is 3. The summed E-state index contributed by atoms with van der Waals surface area (Å²) in [6.45, 7) is 0. The number of thioether (sulfide) groups is 1. The first kappa shape index (κ1) is 36.2. The van der Waals surface area contributed by atoms with E-state index in [-0.39, 0.29) is 17.4 Å². The molecule has 5 aromatic carbocycles. The van der Waals surface area contributed by atoms with Crippen molar-refractivity contribution in [3.05, 3.63) is 178 Å². The number of carbonyl (C=O) groups is 3. The van der Waals surface area contributed by atoms with Crippen molar-refractivity contribution in [3.63, 3.8) is 0 Å². The van der Waals surface area contributed by atoms with E-state index < -0.39 is 11.8 Å². The number of anilines is 2. The lowest BCUT2D eigenvalue weighted by Gasteiger charge is -2.22. The first-order valence-electron chi connectivity index (χ1n) is 17.6. The van der Waals surface area contributed by atoms with Crippen molar-refractivity contribution >= 4 is 57.6 Å². The number of benzene rings is 5. The molecule has 6 aromatic rings. The van der Waals surface area contributed by atoms with E-state index in [1.807, 2.05) is 72.8 Å². The Balaban J connectivity index is 1.01. The summed E-state index contributed by atoms with van der Waals surface area (Å²) in [6, 6.07) is 46.5. The Morgan fingerprint density at radius 2 is 1.48 bits per heavy atom. The lowest BCUT2D eigenvalue weighted by Crippen LogP contribution is -2.30. The van der Waals surface area contributed by atoms with Crippen LogP contribution < -0.4 is 16.0 Å². The topological polar surface area (TPSA) is 111 Å². The smallest absolute Gasteiger partial charge is 0.272 e. The first-order valence-corrected chi connectivity index (χ1v) is 19.4. The second-order valence-electron chi connectivity index (χ2n) is 12.9. The maximum Gasteiger partial charge on any atom is 0.272 e.